The number of fused-ring (bicyclic) bond motifs is 3. The number of halogens is 1. The molecule has 0 saturated carbocycles. The number of nitrogens with zero attached hydrogens (tertiary/aromatic N) is 2. The van der Waals surface area contributed by atoms with Gasteiger partial charge in [-0.25, -0.2) is 0 Å². The number of aromatic nitrogens is 2. The molecule has 1 unspecified atom stereocenters. The highest BCUT2D eigenvalue weighted by molar-refractivity contribution is 6.33. The highest BCUT2D eigenvalue weighted by Crippen LogP contribution is 2.33. The van der Waals surface area contributed by atoms with E-state index in [9.17, 15) is 4.79 Å². The van der Waals surface area contributed by atoms with E-state index in [1.54, 1.807) is 16.8 Å². The van der Waals surface area contributed by atoms with Crippen LogP contribution >= 0.6 is 11.6 Å². The van der Waals surface area contributed by atoms with Gasteiger partial charge in [0.2, 0.25) is 0 Å². The second kappa shape index (κ2) is 7.72. The molecule has 2 N–H and O–H groups in total. The number of hydrogen-bond donors (Lipinski definition) is 1. The number of rotatable bonds is 6. The van der Waals surface area contributed by atoms with Crippen LogP contribution in [0.1, 0.15) is 39.8 Å². The van der Waals surface area contributed by atoms with Gasteiger partial charge in [-0.1, -0.05) is 25.4 Å². The molecule has 3 rings (SSSR count). The average Bonchev–Trinajstić information content (AvgIpc) is 2.60. The van der Waals surface area contributed by atoms with Crippen LogP contribution in [0.25, 0.3) is 21.7 Å². The molecule has 5 nitrogen and oxygen atoms in total. The summed E-state index contributed by atoms with van der Waals surface area (Å²) >= 11 is 6.51. The van der Waals surface area contributed by atoms with Gasteiger partial charge >= 0.3 is 0 Å². The first-order valence-electron chi connectivity index (χ1n) is 9.67. The second-order valence-electron chi connectivity index (χ2n) is 8.21. The standard InChI is InChI=1S/C22H28ClN3O2/c1-6-26-20-14(4)25-8-7-15(20)16-9-18(23)19(10-17(16)21(26)27)28-12-22(5,24)11-13(2)3/h7-10,13H,6,11-12,24H2,1-5H3. The fraction of sp³-hybridized carbons (Fsp3) is 0.455. The minimum absolute atomic E-state index is 0.0692. The van der Waals surface area contributed by atoms with Crippen molar-refractivity contribution in [2.24, 2.45) is 11.7 Å². The molecule has 6 heteroatoms. The molecule has 2 heterocycles. The van der Waals surface area contributed by atoms with Crippen LogP contribution in [0.4, 0.5) is 0 Å². The normalized spacial score (nSPS) is 14.0. The molecule has 0 saturated heterocycles. The van der Waals surface area contributed by atoms with Crippen LogP contribution in [0.15, 0.2) is 29.2 Å². The molecule has 1 aromatic carbocycles. The first-order valence-corrected chi connectivity index (χ1v) is 10.1. The number of benzene rings is 1. The molecular formula is C22H28ClN3O2. The van der Waals surface area contributed by atoms with Crippen molar-refractivity contribution < 1.29 is 4.74 Å². The SMILES string of the molecule is CCn1c(=O)c2cc(OCC(C)(N)CC(C)C)c(Cl)cc2c2ccnc(C)c21. The van der Waals surface area contributed by atoms with Gasteiger partial charge in [-0.15, -0.1) is 0 Å². The third-order valence-corrected chi connectivity index (χ3v) is 5.26. The minimum Gasteiger partial charge on any atom is -0.490 e. The van der Waals surface area contributed by atoms with Crippen LogP contribution in [-0.2, 0) is 6.54 Å². The quantitative estimate of drug-likeness (QED) is 0.609. The Kier molecular flexibility index (Phi) is 5.69. The topological polar surface area (TPSA) is 70.1 Å². The van der Waals surface area contributed by atoms with Gasteiger partial charge in [0.05, 0.1) is 21.6 Å². The van der Waals surface area contributed by atoms with Crippen LogP contribution < -0.4 is 16.0 Å². The smallest absolute Gasteiger partial charge is 0.259 e. The summed E-state index contributed by atoms with van der Waals surface area (Å²) in [5, 5.41) is 2.82. The maximum absolute atomic E-state index is 13.1. The second-order valence-corrected chi connectivity index (χ2v) is 8.62. The van der Waals surface area contributed by atoms with Gasteiger partial charge in [-0.3, -0.25) is 9.78 Å². The van der Waals surface area contributed by atoms with Crippen molar-refractivity contribution in [3.8, 4) is 5.75 Å². The van der Waals surface area contributed by atoms with E-state index in [4.69, 9.17) is 22.1 Å². The zero-order chi connectivity index (χ0) is 20.6. The largest absolute Gasteiger partial charge is 0.490 e. The van der Waals surface area contributed by atoms with E-state index < -0.39 is 5.54 Å². The number of hydrogen-bond acceptors (Lipinski definition) is 4. The van der Waals surface area contributed by atoms with Crippen molar-refractivity contribution in [2.45, 2.75) is 53.1 Å². The van der Waals surface area contributed by atoms with E-state index >= 15 is 0 Å². The molecule has 0 aliphatic rings. The van der Waals surface area contributed by atoms with Crippen LogP contribution in [0.2, 0.25) is 5.02 Å². The van der Waals surface area contributed by atoms with Crippen molar-refractivity contribution in [2.75, 3.05) is 6.61 Å². The predicted molar refractivity (Wildman–Crippen MR) is 116 cm³/mol. The molecule has 0 aliphatic carbocycles. The first-order chi connectivity index (χ1) is 13.1. The maximum atomic E-state index is 13.1. The third kappa shape index (κ3) is 3.87. The Morgan fingerprint density at radius 3 is 2.64 bits per heavy atom. The lowest BCUT2D eigenvalue weighted by Gasteiger charge is -2.27. The number of aryl methyl sites for hydroxylation is 2. The summed E-state index contributed by atoms with van der Waals surface area (Å²) in [6.07, 6.45) is 2.59. The Labute approximate surface area is 170 Å². The zero-order valence-electron chi connectivity index (χ0n) is 17.2. The van der Waals surface area contributed by atoms with Crippen LogP contribution in [0.3, 0.4) is 0 Å². The summed E-state index contributed by atoms with van der Waals surface area (Å²) in [4.78, 5) is 17.5. The van der Waals surface area contributed by atoms with Crippen LogP contribution in [0.5, 0.6) is 5.75 Å². The van der Waals surface area contributed by atoms with E-state index in [-0.39, 0.29) is 5.56 Å². The van der Waals surface area contributed by atoms with E-state index in [0.717, 1.165) is 28.4 Å². The number of ether oxygens (including phenoxy) is 1. The minimum atomic E-state index is -0.470. The van der Waals surface area contributed by atoms with Crippen LogP contribution in [-0.4, -0.2) is 21.7 Å². The predicted octanol–water partition coefficient (Wildman–Crippen LogP) is 4.67. The van der Waals surface area contributed by atoms with Crippen molar-refractivity contribution in [3.63, 3.8) is 0 Å². The molecule has 0 amide bonds. The van der Waals surface area contributed by atoms with Gasteiger partial charge in [-0.2, -0.15) is 0 Å². The lowest BCUT2D eigenvalue weighted by Crippen LogP contribution is -2.43. The summed E-state index contributed by atoms with van der Waals surface area (Å²) in [6.45, 7) is 11.0. The van der Waals surface area contributed by atoms with Gasteiger partial charge < -0.3 is 15.0 Å². The van der Waals surface area contributed by atoms with E-state index in [0.29, 0.717) is 35.2 Å². The molecule has 28 heavy (non-hydrogen) atoms. The molecule has 3 aromatic rings. The van der Waals surface area contributed by atoms with Crippen molar-refractivity contribution >= 4 is 33.3 Å². The van der Waals surface area contributed by atoms with Gasteiger partial charge in [0.1, 0.15) is 12.4 Å². The highest BCUT2D eigenvalue weighted by atomic mass is 35.5. The summed E-state index contributed by atoms with van der Waals surface area (Å²) in [5.74, 6) is 0.949. The van der Waals surface area contributed by atoms with E-state index in [1.165, 1.54) is 0 Å². The van der Waals surface area contributed by atoms with Crippen molar-refractivity contribution in [3.05, 3.63) is 45.5 Å². The van der Waals surface area contributed by atoms with Crippen molar-refractivity contribution in [1.82, 2.24) is 9.55 Å². The molecule has 0 fully saturated rings. The Hall–Kier alpha value is -2.11. The third-order valence-electron chi connectivity index (χ3n) is 4.96. The molecule has 0 bridgehead atoms. The van der Waals surface area contributed by atoms with Crippen molar-refractivity contribution in [1.29, 1.82) is 0 Å². The molecule has 2 aromatic heterocycles. The Morgan fingerprint density at radius 1 is 1.29 bits per heavy atom. The maximum Gasteiger partial charge on any atom is 0.259 e. The lowest BCUT2D eigenvalue weighted by atomic mass is 9.93. The Balaban J connectivity index is 2.14. The molecule has 0 spiro atoms. The summed E-state index contributed by atoms with van der Waals surface area (Å²) in [7, 11) is 0. The number of pyridine rings is 2. The van der Waals surface area contributed by atoms with Gasteiger partial charge in [0.25, 0.3) is 5.56 Å². The number of nitrogens with two attached hydrogens (primary N) is 1. The molecule has 0 aliphatic heterocycles. The summed E-state index contributed by atoms with van der Waals surface area (Å²) in [6, 6.07) is 5.48. The van der Waals surface area contributed by atoms with E-state index in [1.807, 2.05) is 32.9 Å². The fourth-order valence-corrected chi connectivity index (χ4v) is 4.18. The van der Waals surface area contributed by atoms with Crippen LogP contribution in [0, 0.1) is 12.8 Å². The monoisotopic (exact) mass is 401 g/mol. The molecule has 1 atom stereocenters. The zero-order valence-corrected chi connectivity index (χ0v) is 17.9. The molecule has 0 radical (unpaired) electrons. The van der Waals surface area contributed by atoms with Gasteiger partial charge in [0, 0.05) is 23.7 Å². The van der Waals surface area contributed by atoms with E-state index in [2.05, 4.69) is 18.8 Å². The highest BCUT2D eigenvalue weighted by Gasteiger charge is 2.22. The first kappa shape index (κ1) is 20.6. The molecular weight excluding hydrogens is 374 g/mol. The summed E-state index contributed by atoms with van der Waals surface area (Å²) in [5.41, 5.74) is 7.48. The van der Waals surface area contributed by atoms with Gasteiger partial charge in [-0.05, 0) is 56.7 Å². The lowest BCUT2D eigenvalue weighted by molar-refractivity contribution is 0.207. The molecule has 150 valence electrons. The summed E-state index contributed by atoms with van der Waals surface area (Å²) < 4.78 is 7.71. The fourth-order valence-electron chi connectivity index (χ4n) is 3.96. The Morgan fingerprint density at radius 2 is 2.00 bits per heavy atom. The average molecular weight is 402 g/mol. The Bertz CT molecular complexity index is 1090. The van der Waals surface area contributed by atoms with Gasteiger partial charge in [0.15, 0.2) is 0 Å².